The summed E-state index contributed by atoms with van der Waals surface area (Å²) in [6.07, 6.45) is 1.80. The SMILES string of the molecule is CCC(C)S(=O)(=O)ON=Cc1c(Cl)ccc2ccccc12. The van der Waals surface area contributed by atoms with E-state index in [0.717, 1.165) is 10.8 Å². The monoisotopic (exact) mass is 325 g/mol. The Labute approximate surface area is 129 Å². The molecule has 0 saturated heterocycles. The molecule has 0 fully saturated rings. The third-order valence-electron chi connectivity index (χ3n) is 3.31. The highest BCUT2D eigenvalue weighted by molar-refractivity contribution is 7.87. The van der Waals surface area contributed by atoms with E-state index in [0.29, 0.717) is 17.0 Å². The van der Waals surface area contributed by atoms with Gasteiger partial charge in [-0.3, -0.25) is 4.28 Å². The van der Waals surface area contributed by atoms with Crippen molar-refractivity contribution in [2.75, 3.05) is 0 Å². The summed E-state index contributed by atoms with van der Waals surface area (Å²) in [4.78, 5) is 0. The molecule has 0 saturated carbocycles. The number of nitrogens with zero attached hydrogens (tertiary/aromatic N) is 1. The lowest BCUT2D eigenvalue weighted by atomic mass is 10.1. The first-order valence-corrected chi connectivity index (χ1v) is 8.43. The largest absolute Gasteiger partial charge is 0.331 e. The highest BCUT2D eigenvalue weighted by Gasteiger charge is 2.20. The maximum Gasteiger partial charge on any atom is 0.331 e. The Hall–Kier alpha value is -1.59. The third kappa shape index (κ3) is 3.54. The van der Waals surface area contributed by atoms with Gasteiger partial charge in [0.25, 0.3) is 0 Å². The van der Waals surface area contributed by atoms with Crippen LogP contribution in [0.5, 0.6) is 0 Å². The van der Waals surface area contributed by atoms with Gasteiger partial charge in [0.1, 0.15) is 0 Å². The van der Waals surface area contributed by atoms with Crippen molar-refractivity contribution in [3.05, 3.63) is 47.0 Å². The fourth-order valence-electron chi connectivity index (χ4n) is 1.81. The van der Waals surface area contributed by atoms with Crippen molar-refractivity contribution < 1.29 is 12.7 Å². The second-order valence-corrected chi connectivity index (χ2v) is 7.05. The Balaban J connectivity index is 2.32. The first kappa shape index (κ1) is 15.8. The van der Waals surface area contributed by atoms with E-state index in [1.807, 2.05) is 30.3 Å². The molecule has 0 N–H and O–H groups in total. The number of fused-ring (bicyclic) bond motifs is 1. The second-order valence-electron chi connectivity index (χ2n) is 4.70. The van der Waals surface area contributed by atoms with Crippen LogP contribution in [0.4, 0.5) is 0 Å². The predicted molar refractivity (Wildman–Crippen MR) is 86.3 cm³/mol. The van der Waals surface area contributed by atoms with Crippen LogP contribution in [-0.4, -0.2) is 19.9 Å². The van der Waals surface area contributed by atoms with E-state index in [2.05, 4.69) is 9.44 Å². The first-order valence-electron chi connectivity index (χ1n) is 6.58. The molecular formula is C15H16ClNO3S. The van der Waals surface area contributed by atoms with Crippen molar-refractivity contribution in [1.82, 2.24) is 0 Å². The summed E-state index contributed by atoms with van der Waals surface area (Å²) < 4.78 is 28.1. The van der Waals surface area contributed by atoms with E-state index < -0.39 is 15.4 Å². The number of rotatable bonds is 5. The molecule has 6 heteroatoms. The predicted octanol–water partition coefficient (Wildman–Crippen LogP) is 3.97. The van der Waals surface area contributed by atoms with E-state index in [-0.39, 0.29) is 0 Å². The van der Waals surface area contributed by atoms with Crippen LogP contribution < -0.4 is 0 Å². The van der Waals surface area contributed by atoms with E-state index in [4.69, 9.17) is 11.6 Å². The van der Waals surface area contributed by atoms with Gasteiger partial charge in [0.05, 0.1) is 16.5 Å². The lowest BCUT2D eigenvalue weighted by Crippen LogP contribution is -2.17. The highest BCUT2D eigenvalue weighted by atomic mass is 35.5. The summed E-state index contributed by atoms with van der Waals surface area (Å²) in [7, 11) is -3.69. The number of oxime groups is 1. The Bertz CT molecular complexity index is 772. The average molecular weight is 326 g/mol. The van der Waals surface area contributed by atoms with Crippen molar-refractivity contribution in [2.45, 2.75) is 25.5 Å². The van der Waals surface area contributed by atoms with E-state index in [1.54, 1.807) is 19.9 Å². The molecule has 2 aromatic rings. The molecule has 21 heavy (non-hydrogen) atoms. The molecule has 0 aliphatic heterocycles. The molecule has 1 atom stereocenters. The first-order chi connectivity index (χ1) is 9.95. The molecule has 2 rings (SSSR count). The molecule has 0 aliphatic rings. The summed E-state index contributed by atoms with van der Waals surface area (Å²) in [5.41, 5.74) is 0.633. The molecular weight excluding hydrogens is 310 g/mol. The van der Waals surface area contributed by atoms with E-state index >= 15 is 0 Å². The summed E-state index contributed by atoms with van der Waals surface area (Å²) in [6, 6.07) is 11.3. The van der Waals surface area contributed by atoms with Crippen LogP contribution in [0.15, 0.2) is 41.6 Å². The lowest BCUT2D eigenvalue weighted by molar-refractivity contribution is 0.334. The standard InChI is InChI=1S/C15H16ClNO3S/c1-3-11(2)21(18,19)20-17-10-14-13-7-5-4-6-12(13)8-9-15(14)16/h4-11H,3H2,1-2H3. The van der Waals surface area contributed by atoms with Crippen LogP contribution in [0.2, 0.25) is 5.02 Å². The molecule has 0 aromatic heterocycles. The Morgan fingerprint density at radius 3 is 2.71 bits per heavy atom. The molecule has 0 radical (unpaired) electrons. The van der Waals surface area contributed by atoms with Crippen LogP contribution in [0, 0.1) is 0 Å². The van der Waals surface area contributed by atoms with Gasteiger partial charge >= 0.3 is 10.1 Å². The van der Waals surface area contributed by atoms with Crippen LogP contribution >= 0.6 is 11.6 Å². The van der Waals surface area contributed by atoms with Crippen molar-refractivity contribution in [1.29, 1.82) is 0 Å². The fraction of sp³-hybridized carbons (Fsp3) is 0.267. The van der Waals surface area contributed by atoms with Crippen LogP contribution in [0.1, 0.15) is 25.8 Å². The average Bonchev–Trinajstić information content (AvgIpc) is 2.48. The normalized spacial score (nSPS) is 13.7. The van der Waals surface area contributed by atoms with Crippen LogP contribution in [0.3, 0.4) is 0 Å². The smallest absolute Gasteiger partial charge is 0.268 e. The topological polar surface area (TPSA) is 55.7 Å². The van der Waals surface area contributed by atoms with Crippen molar-refractivity contribution in [3.8, 4) is 0 Å². The van der Waals surface area contributed by atoms with Gasteiger partial charge in [0.2, 0.25) is 0 Å². The van der Waals surface area contributed by atoms with Gasteiger partial charge < -0.3 is 0 Å². The van der Waals surface area contributed by atoms with Crippen molar-refractivity contribution >= 4 is 38.7 Å². The zero-order valence-electron chi connectivity index (χ0n) is 11.8. The number of halogens is 1. The second kappa shape index (κ2) is 6.45. The van der Waals surface area contributed by atoms with Gasteiger partial charge in [-0.1, -0.05) is 54.0 Å². The highest BCUT2D eigenvalue weighted by Crippen LogP contribution is 2.24. The maximum absolute atomic E-state index is 11.7. The maximum atomic E-state index is 11.7. The molecule has 1 unspecified atom stereocenters. The summed E-state index contributed by atoms with van der Waals surface area (Å²) >= 11 is 6.15. The zero-order chi connectivity index (χ0) is 15.5. The Kier molecular flexibility index (Phi) is 4.85. The van der Waals surface area contributed by atoms with Crippen molar-refractivity contribution in [3.63, 3.8) is 0 Å². The van der Waals surface area contributed by atoms with Gasteiger partial charge in [-0.2, -0.15) is 8.42 Å². The van der Waals surface area contributed by atoms with Gasteiger partial charge in [-0.25, -0.2) is 0 Å². The zero-order valence-corrected chi connectivity index (χ0v) is 13.4. The summed E-state index contributed by atoms with van der Waals surface area (Å²) in [5.74, 6) is 0. The number of benzene rings is 2. The molecule has 0 bridgehead atoms. The van der Waals surface area contributed by atoms with Crippen molar-refractivity contribution in [2.24, 2.45) is 5.16 Å². The van der Waals surface area contributed by atoms with Gasteiger partial charge in [0, 0.05) is 5.56 Å². The summed E-state index contributed by atoms with van der Waals surface area (Å²) in [6.45, 7) is 3.35. The van der Waals surface area contributed by atoms with Gasteiger partial charge in [-0.05, 0) is 30.2 Å². The van der Waals surface area contributed by atoms with E-state index in [9.17, 15) is 8.42 Å². The number of hydrogen-bond acceptors (Lipinski definition) is 4. The fourth-order valence-corrected chi connectivity index (χ4v) is 2.74. The minimum Gasteiger partial charge on any atom is -0.268 e. The molecule has 2 aromatic carbocycles. The van der Waals surface area contributed by atoms with Crippen LogP contribution in [0.25, 0.3) is 10.8 Å². The third-order valence-corrected chi connectivity index (χ3v) is 5.26. The van der Waals surface area contributed by atoms with Crippen LogP contribution in [-0.2, 0) is 14.4 Å². The molecule has 0 aliphatic carbocycles. The minimum atomic E-state index is -3.69. The quantitative estimate of drug-likeness (QED) is 0.617. The Morgan fingerprint density at radius 1 is 1.29 bits per heavy atom. The van der Waals surface area contributed by atoms with Gasteiger partial charge in [-0.15, -0.1) is 0 Å². The molecule has 0 spiro atoms. The molecule has 112 valence electrons. The number of hydrogen-bond donors (Lipinski definition) is 0. The van der Waals surface area contributed by atoms with Gasteiger partial charge in [0.15, 0.2) is 0 Å². The summed E-state index contributed by atoms with van der Waals surface area (Å²) in [5, 5.41) is 5.37. The molecule has 0 amide bonds. The molecule has 0 heterocycles. The Morgan fingerprint density at radius 2 is 2.00 bits per heavy atom. The molecule has 4 nitrogen and oxygen atoms in total. The lowest BCUT2D eigenvalue weighted by Gasteiger charge is -2.07. The minimum absolute atomic E-state index is 0.465. The van der Waals surface area contributed by atoms with E-state index in [1.165, 1.54) is 6.21 Å².